The standard InChI is InChI=1S/C11H10O5/c1-15-10(13)8-5-6-3-2-4-7(12)9(6)11(14)16-8/h2-4,8,12H,5H2,1H3/t8-/m1/s1. The molecule has 0 saturated carbocycles. The Kier molecular flexibility index (Phi) is 2.52. The summed E-state index contributed by atoms with van der Waals surface area (Å²) in [4.78, 5) is 22.8. The Bertz CT molecular complexity index is 452. The second-order valence-corrected chi connectivity index (χ2v) is 3.43. The molecule has 84 valence electrons. The molecule has 16 heavy (non-hydrogen) atoms. The molecular formula is C11H10O5. The first-order chi connectivity index (χ1) is 7.63. The highest BCUT2D eigenvalue weighted by Gasteiger charge is 2.33. The average molecular weight is 222 g/mol. The van der Waals surface area contributed by atoms with Crippen molar-refractivity contribution >= 4 is 11.9 Å². The van der Waals surface area contributed by atoms with Crippen LogP contribution in [0.15, 0.2) is 18.2 Å². The summed E-state index contributed by atoms with van der Waals surface area (Å²) in [5, 5.41) is 9.49. The van der Waals surface area contributed by atoms with Crippen LogP contribution in [0.4, 0.5) is 0 Å². The van der Waals surface area contributed by atoms with Gasteiger partial charge in [-0.2, -0.15) is 0 Å². The van der Waals surface area contributed by atoms with Gasteiger partial charge in [-0.1, -0.05) is 12.1 Å². The number of ether oxygens (including phenoxy) is 2. The maximum atomic E-state index is 11.5. The van der Waals surface area contributed by atoms with E-state index in [2.05, 4.69) is 4.74 Å². The number of carbonyl (C=O) groups excluding carboxylic acids is 2. The fraction of sp³-hybridized carbons (Fsp3) is 0.273. The van der Waals surface area contributed by atoms with E-state index in [1.165, 1.54) is 13.2 Å². The number of esters is 2. The van der Waals surface area contributed by atoms with E-state index in [4.69, 9.17) is 4.74 Å². The van der Waals surface area contributed by atoms with Crippen molar-refractivity contribution in [2.45, 2.75) is 12.5 Å². The maximum absolute atomic E-state index is 11.5. The lowest BCUT2D eigenvalue weighted by molar-refractivity contribution is -0.151. The zero-order valence-corrected chi connectivity index (χ0v) is 8.60. The van der Waals surface area contributed by atoms with E-state index < -0.39 is 18.0 Å². The van der Waals surface area contributed by atoms with Gasteiger partial charge in [0.05, 0.1) is 7.11 Å². The molecule has 0 unspecified atom stereocenters. The second-order valence-electron chi connectivity index (χ2n) is 3.43. The first kappa shape index (κ1) is 10.5. The fourth-order valence-corrected chi connectivity index (χ4v) is 1.68. The summed E-state index contributed by atoms with van der Waals surface area (Å²) < 4.78 is 9.38. The highest BCUT2D eigenvalue weighted by Crippen LogP contribution is 2.28. The number of rotatable bonds is 1. The number of methoxy groups -OCH3 is 1. The van der Waals surface area contributed by atoms with Crippen molar-refractivity contribution < 1.29 is 24.2 Å². The van der Waals surface area contributed by atoms with E-state index in [1.807, 2.05) is 0 Å². The topological polar surface area (TPSA) is 72.8 Å². The molecule has 0 aliphatic carbocycles. The third kappa shape index (κ3) is 1.60. The summed E-state index contributed by atoms with van der Waals surface area (Å²) in [6.07, 6.45) is -0.700. The molecule has 1 aromatic rings. The van der Waals surface area contributed by atoms with Crippen LogP contribution in [-0.2, 0) is 20.7 Å². The van der Waals surface area contributed by atoms with Gasteiger partial charge in [0.15, 0.2) is 0 Å². The second kappa shape index (κ2) is 3.84. The van der Waals surface area contributed by atoms with Gasteiger partial charge in [0.1, 0.15) is 11.3 Å². The van der Waals surface area contributed by atoms with Crippen molar-refractivity contribution in [2.75, 3.05) is 7.11 Å². The van der Waals surface area contributed by atoms with E-state index in [1.54, 1.807) is 12.1 Å². The third-order valence-corrected chi connectivity index (χ3v) is 2.45. The summed E-state index contributed by atoms with van der Waals surface area (Å²) in [6.45, 7) is 0. The van der Waals surface area contributed by atoms with Crippen molar-refractivity contribution in [1.29, 1.82) is 0 Å². The van der Waals surface area contributed by atoms with Gasteiger partial charge >= 0.3 is 11.9 Å². The van der Waals surface area contributed by atoms with Gasteiger partial charge in [0.25, 0.3) is 0 Å². The molecule has 0 radical (unpaired) electrons. The summed E-state index contributed by atoms with van der Waals surface area (Å²) in [5.74, 6) is -1.43. The first-order valence-electron chi connectivity index (χ1n) is 4.73. The number of aromatic hydroxyl groups is 1. The number of hydrogen-bond acceptors (Lipinski definition) is 5. The van der Waals surface area contributed by atoms with Crippen molar-refractivity contribution in [1.82, 2.24) is 0 Å². The Morgan fingerprint density at radius 2 is 2.31 bits per heavy atom. The van der Waals surface area contributed by atoms with Crippen LogP contribution in [0.25, 0.3) is 0 Å². The lowest BCUT2D eigenvalue weighted by atomic mass is 9.98. The van der Waals surface area contributed by atoms with Crippen LogP contribution in [-0.4, -0.2) is 30.3 Å². The van der Waals surface area contributed by atoms with Gasteiger partial charge in [0, 0.05) is 6.42 Å². The molecule has 1 heterocycles. The lowest BCUT2D eigenvalue weighted by Gasteiger charge is -2.22. The van der Waals surface area contributed by atoms with Crippen LogP contribution in [0, 0.1) is 0 Å². The fourth-order valence-electron chi connectivity index (χ4n) is 1.68. The van der Waals surface area contributed by atoms with Crippen molar-refractivity contribution in [2.24, 2.45) is 0 Å². The summed E-state index contributed by atoms with van der Waals surface area (Å²) in [7, 11) is 1.23. The number of benzene rings is 1. The monoisotopic (exact) mass is 222 g/mol. The molecule has 5 heteroatoms. The Labute approximate surface area is 91.6 Å². The third-order valence-electron chi connectivity index (χ3n) is 2.45. The van der Waals surface area contributed by atoms with Crippen LogP contribution in [0.1, 0.15) is 15.9 Å². The van der Waals surface area contributed by atoms with Crippen LogP contribution >= 0.6 is 0 Å². The molecule has 1 aliphatic heterocycles. The van der Waals surface area contributed by atoms with E-state index in [0.29, 0.717) is 5.56 Å². The molecule has 0 aromatic heterocycles. The molecule has 0 bridgehead atoms. The van der Waals surface area contributed by atoms with Gasteiger partial charge in [-0.15, -0.1) is 0 Å². The van der Waals surface area contributed by atoms with Crippen molar-refractivity contribution in [3.63, 3.8) is 0 Å². The van der Waals surface area contributed by atoms with Gasteiger partial charge in [-0.05, 0) is 11.6 Å². The van der Waals surface area contributed by atoms with E-state index in [0.717, 1.165) is 0 Å². The molecule has 1 aromatic carbocycles. The number of carbonyl (C=O) groups is 2. The molecule has 1 aliphatic rings. The molecular weight excluding hydrogens is 212 g/mol. The summed E-state index contributed by atoms with van der Waals surface area (Å²) in [5.41, 5.74) is 0.717. The smallest absolute Gasteiger partial charge is 0.347 e. The van der Waals surface area contributed by atoms with E-state index in [-0.39, 0.29) is 17.7 Å². The number of fused-ring (bicyclic) bond motifs is 1. The molecule has 0 spiro atoms. The van der Waals surface area contributed by atoms with E-state index >= 15 is 0 Å². The Hall–Kier alpha value is -2.04. The van der Waals surface area contributed by atoms with Crippen molar-refractivity contribution in [3.8, 4) is 5.75 Å². The van der Waals surface area contributed by atoms with Crippen LogP contribution in [0.5, 0.6) is 5.75 Å². The number of hydrogen-bond donors (Lipinski definition) is 1. The molecule has 0 fully saturated rings. The average Bonchev–Trinajstić information content (AvgIpc) is 2.27. The minimum absolute atomic E-state index is 0.127. The van der Waals surface area contributed by atoms with Gasteiger partial charge < -0.3 is 14.6 Å². The minimum Gasteiger partial charge on any atom is -0.507 e. The Morgan fingerprint density at radius 3 is 3.00 bits per heavy atom. The predicted molar refractivity (Wildman–Crippen MR) is 53.0 cm³/mol. The molecule has 2 rings (SSSR count). The van der Waals surface area contributed by atoms with Gasteiger partial charge in [-0.3, -0.25) is 0 Å². The quantitative estimate of drug-likeness (QED) is 0.706. The molecule has 1 N–H and O–H groups in total. The maximum Gasteiger partial charge on any atom is 0.347 e. The summed E-state index contributed by atoms with van der Waals surface area (Å²) in [6, 6.07) is 4.69. The van der Waals surface area contributed by atoms with Gasteiger partial charge in [-0.25, -0.2) is 9.59 Å². The summed E-state index contributed by atoms with van der Waals surface area (Å²) >= 11 is 0. The van der Waals surface area contributed by atoms with Crippen LogP contribution in [0.2, 0.25) is 0 Å². The molecule has 1 atom stereocenters. The molecule has 0 amide bonds. The molecule has 5 nitrogen and oxygen atoms in total. The predicted octanol–water partition coefficient (Wildman–Crippen LogP) is 0.647. The Morgan fingerprint density at radius 1 is 1.56 bits per heavy atom. The zero-order valence-electron chi connectivity index (χ0n) is 8.60. The van der Waals surface area contributed by atoms with Crippen LogP contribution in [0.3, 0.4) is 0 Å². The SMILES string of the molecule is COC(=O)[C@H]1Cc2cccc(O)c2C(=O)O1. The van der Waals surface area contributed by atoms with Gasteiger partial charge in [0.2, 0.25) is 6.10 Å². The minimum atomic E-state index is -0.924. The lowest BCUT2D eigenvalue weighted by Crippen LogP contribution is -2.35. The van der Waals surface area contributed by atoms with Crippen molar-refractivity contribution in [3.05, 3.63) is 29.3 Å². The molecule has 0 saturated heterocycles. The number of cyclic esters (lactones) is 1. The largest absolute Gasteiger partial charge is 0.507 e. The Balaban J connectivity index is 2.37. The highest BCUT2D eigenvalue weighted by atomic mass is 16.6. The number of phenolic OH excluding ortho intramolecular Hbond substituents is 1. The highest BCUT2D eigenvalue weighted by molar-refractivity contribution is 5.97. The first-order valence-corrected chi connectivity index (χ1v) is 4.73. The van der Waals surface area contributed by atoms with Crippen LogP contribution < -0.4 is 0 Å². The number of phenols is 1. The normalized spacial score (nSPS) is 18.6. The zero-order chi connectivity index (χ0) is 11.7. The van der Waals surface area contributed by atoms with E-state index in [9.17, 15) is 14.7 Å².